The van der Waals surface area contributed by atoms with Gasteiger partial charge in [0.15, 0.2) is 0 Å². The number of nitrogens with zero attached hydrogens (tertiary/aromatic N) is 2. The zero-order valence-corrected chi connectivity index (χ0v) is 9.64. The first-order chi connectivity index (χ1) is 7.22. The first-order valence-corrected chi connectivity index (χ1v) is 5.34. The zero-order valence-electron chi connectivity index (χ0n) is 7.38. The number of benzene rings is 1. The average Bonchev–Trinajstić information content (AvgIpc) is 2.66. The van der Waals surface area contributed by atoms with Crippen LogP contribution in [0.1, 0.15) is 5.89 Å². The fourth-order valence-electron chi connectivity index (χ4n) is 1.11. The Balaban J connectivity index is 2.53. The third-order valence-electron chi connectivity index (χ3n) is 1.76. The first kappa shape index (κ1) is 10.7. The lowest BCUT2D eigenvalue weighted by atomic mass is 10.2. The van der Waals surface area contributed by atoms with Gasteiger partial charge in [-0.3, -0.25) is 0 Å². The quantitative estimate of drug-likeness (QED) is 0.774. The second-order valence-corrected chi connectivity index (χ2v) is 3.81. The highest BCUT2D eigenvalue weighted by Gasteiger charge is 2.14. The van der Waals surface area contributed by atoms with Crippen LogP contribution in [-0.4, -0.2) is 10.2 Å². The molecule has 1 aromatic heterocycles. The van der Waals surface area contributed by atoms with Gasteiger partial charge >= 0.3 is 0 Å². The summed E-state index contributed by atoms with van der Waals surface area (Å²) in [5, 5.41) is 8.47. The van der Waals surface area contributed by atoms with E-state index in [-0.39, 0.29) is 11.8 Å². The summed E-state index contributed by atoms with van der Waals surface area (Å²) in [6.07, 6.45) is 0. The molecule has 0 aliphatic rings. The van der Waals surface area contributed by atoms with Gasteiger partial charge in [-0.2, -0.15) is 0 Å². The van der Waals surface area contributed by atoms with Crippen molar-refractivity contribution in [2.45, 2.75) is 5.88 Å². The second-order valence-electron chi connectivity index (χ2n) is 2.73. The molecule has 0 N–H and O–H groups in total. The van der Waals surface area contributed by atoms with Crippen LogP contribution in [0, 0.1) is 0 Å². The predicted molar refractivity (Wildman–Crippen MR) is 59.3 cm³/mol. The summed E-state index contributed by atoms with van der Waals surface area (Å²) in [7, 11) is 0. The minimum Gasteiger partial charge on any atom is -0.419 e. The summed E-state index contributed by atoms with van der Waals surface area (Å²) in [6.45, 7) is 0. The molecule has 1 aromatic carbocycles. The molecule has 0 saturated carbocycles. The van der Waals surface area contributed by atoms with Crippen molar-refractivity contribution in [3.63, 3.8) is 0 Å². The van der Waals surface area contributed by atoms with Crippen LogP contribution in [-0.2, 0) is 5.88 Å². The van der Waals surface area contributed by atoms with Crippen LogP contribution >= 0.6 is 34.8 Å². The van der Waals surface area contributed by atoms with Crippen LogP contribution in [0.5, 0.6) is 0 Å². The van der Waals surface area contributed by atoms with Crippen LogP contribution in [0.4, 0.5) is 0 Å². The molecule has 1 heterocycles. The summed E-state index contributed by atoms with van der Waals surface area (Å²) in [6, 6.07) is 5.15. The van der Waals surface area contributed by atoms with Gasteiger partial charge in [0.2, 0.25) is 5.89 Å². The fourth-order valence-corrected chi connectivity index (χ4v) is 1.78. The molecule has 78 valence electrons. The fraction of sp³-hybridized carbons (Fsp3) is 0.111. The van der Waals surface area contributed by atoms with Crippen LogP contribution in [0.15, 0.2) is 22.6 Å². The van der Waals surface area contributed by atoms with E-state index in [9.17, 15) is 0 Å². The molecule has 0 aliphatic carbocycles. The lowest BCUT2D eigenvalue weighted by Crippen LogP contribution is -1.81. The molecule has 0 atom stereocenters. The van der Waals surface area contributed by atoms with Crippen LogP contribution in [0.2, 0.25) is 10.0 Å². The number of rotatable bonds is 2. The third kappa shape index (κ3) is 2.09. The molecule has 15 heavy (non-hydrogen) atoms. The molecule has 2 aromatic rings. The topological polar surface area (TPSA) is 38.9 Å². The van der Waals surface area contributed by atoms with E-state index < -0.39 is 0 Å². The van der Waals surface area contributed by atoms with E-state index in [1.54, 1.807) is 18.2 Å². The Hall–Kier alpha value is -0.770. The zero-order chi connectivity index (χ0) is 10.8. The van der Waals surface area contributed by atoms with Gasteiger partial charge in [0.25, 0.3) is 5.89 Å². The van der Waals surface area contributed by atoms with Gasteiger partial charge < -0.3 is 4.42 Å². The van der Waals surface area contributed by atoms with Crippen molar-refractivity contribution in [1.29, 1.82) is 0 Å². The molecule has 0 spiro atoms. The summed E-state index contributed by atoms with van der Waals surface area (Å²) >= 11 is 17.5. The first-order valence-electron chi connectivity index (χ1n) is 4.05. The SMILES string of the molecule is ClCc1nnc(-c2c(Cl)cccc2Cl)o1. The van der Waals surface area contributed by atoms with Crippen molar-refractivity contribution in [1.82, 2.24) is 10.2 Å². The maximum atomic E-state index is 5.97. The van der Waals surface area contributed by atoms with E-state index >= 15 is 0 Å². The Morgan fingerprint density at radius 1 is 1.13 bits per heavy atom. The molecule has 2 rings (SSSR count). The molecule has 0 radical (unpaired) electrons. The molecule has 0 fully saturated rings. The highest BCUT2D eigenvalue weighted by molar-refractivity contribution is 6.38. The van der Waals surface area contributed by atoms with Crippen molar-refractivity contribution in [2.24, 2.45) is 0 Å². The summed E-state index contributed by atoms with van der Waals surface area (Å²) in [4.78, 5) is 0. The van der Waals surface area contributed by atoms with Gasteiger partial charge in [-0.25, -0.2) is 0 Å². The number of halogens is 3. The second kappa shape index (κ2) is 4.39. The molecule has 0 saturated heterocycles. The monoisotopic (exact) mass is 262 g/mol. The number of alkyl halides is 1. The van der Waals surface area contributed by atoms with Crippen LogP contribution < -0.4 is 0 Å². The Morgan fingerprint density at radius 3 is 2.33 bits per heavy atom. The van der Waals surface area contributed by atoms with Crippen molar-refractivity contribution in [2.75, 3.05) is 0 Å². The van der Waals surface area contributed by atoms with E-state index in [1.165, 1.54) is 0 Å². The molecule has 0 bridgehead atoms. The Labute approximate surface area is 101 Å². The predicted octanol–water partition coefficient (Wildman–Crippen LogP) is 3.78. The average molecular weight is 264 g/mol. The Morgan fingerprint density at radius 2 is 1.80 bits per heavy atom. The van der Waals surface area contributed by atoms with Gasteiger partial charge in [0.05, 0.1) is 15.6 Å². The molecule has 3 nitrogen and oxygen atoms in total. The molecule has 0 unspecified atom stereocenters. The van der Waals surface area contributed by atoms with E-state index in [1.807, 2.05) is 0 Å². The Kier molecular flexibility index (Phi) is 3.14. The minimum absolute atomic E-state index is 0.162. The van der Waals surface area contributed by atoms with Gasteiger partial charge in [-0.15, -0.1) is 21.8 Å². The minimum atomic E-state index is 0.162. The standard InChI is InChI=1S/C9H5Cl3N2O/c10-4-7-13-14-9(15-7)8-5(11)2-1-3-6(8)12/h1-3H,4H2. The lowest BCUT2D eigenvalue weighted by molar-refractivity contribution is 0.527. The van der Waals surface area contributed by atoms with Crippen molar-refractivity contribution in [3.05, 3.63) is 34.1 Å². The van der Waals surface area contributed by atoms with Gasteiger partial charge in [-0.1, -0.05) is 29.3 Å². The third-order valence-corrected chi connectivity index (χ3v) is 2.62. The number of aromatic nitrogens is 2. The number of hydrogen-bond acceptors (Lipinski definition) is 3. The molecular formula is C9H5Cl3N2O. The van der Waals surface area contributed by atoms with Crippen molar-refractivity contribution >= 4 is 34.8 Å². The van der Waals surface area contributed by atoms with Gasteiger partial charge in [0, 0.05) is 0 Å². The molecule has 0 aliphatic heterocycles. The van der Waals surface area contributed by atoms with E-state index in [0.717, 1.165) is 0 Å². The van der Waals surface area contributed by atoms with Crippen molar-refractivity contribution < 1.29 is 4.42 Å². The normalized spacial score (nSPS) is 10.6. The van der Waals surface area contributed by atoms with Crippen LogP contribution in [0.25, 0.3) is 11.5 Å². The molecule has 6 heteroatoms. The maximum Gasteiger partial charge on any atom is 0.250 e. The Bertz CT molecular complexity index is 464. The van der Waals surface area contributed by atoms with Crippen molar-refractivity contribution in [3.8, 4) is 11.5 Å². The maximum absolute atomic E-state index is 5.97. The van der Waals surface area contributed by atoms with E-state index in [2.05, 4.69) is 10.2 Å². The lowest BCUT2D eigenvalue weighted by Gasteiger charge is -2.00. The smallest absolute Gasteiger partial charge is 0.250 e. The summed E-state index contributed by atoms with van der Waals surface area (Å²) in [5.41, 5.74) is 0.532. The molecular weight excluding hydrogens is 258 g/mol. The van der Waals surface area contributed by atoms with Crippen LogP contribution in [0.3, 0.4) is 0 Å². The molecule has 0 amide bonds. The number of hydrogen-bond donors (Lipinski definition) is 0. The van der Waals surface area contributed by atoms with Gasteiger partial charge in [0.1, 0.15) is 5.88 Å². The van der Waals surface area contributed by atoms with E-state index in [0.29, 0.717) is 21.5 Å². The highest BCUT2D eigenvalue weighted by Crippen LogP contribution is 2.33. The largest absolute Gasteiger partial charge is 0.419 e. The summed E-state index contributed by atoms with van der Waals surface area (Å²) < 4.78 is 5.26. The summed E-state index contributed by atoms with van der Waals surface area (Å²) in [5.74, 6) is 0.777. The highest BCUT2D eigenvalue weighted by atomic mass is 35.5. The van der Waals surface area contributed by atoms with Gasteiger partial charge in [-0.05, 0) is 12.1 Å². The van der Waals surface area contributed by atoms with E-state index in [4.69, 9.17) is 39.2 Å².